The summed E-state index contributed by atoms with van der Waals surface area (Å²) in [4.78, 5) is 0. The molecule has 0 aromatic rings. The fraction of sp³-hybridized carbons (Fsp3) is 1.00. The van der Waals surface area contributed by atoms with Crippen molar-refractivity contribution in [3.05, 3.63) is 0 Å². The first-order valence-electron chi connectivity index (χ1n) is 5.92. The third-order valence-electron chi connectivity index (χ3n) is 5.11. The van der Waals surface area contributed by atoms with Gasteiger partial charge in [-0.25, -0.2) is 0 Å². The molecule has 5 aliphatic rings. The van der Waals surface area contributed by atoms with E-state index in [4.69, 9.17) is 0 Å². The van der Waals surface area contributed by atoms with Gasteiger partial charge in [0.2, 0.25) is 0 Å². The Morgan fingerprint density at radius 2 is 1.57 bits per heavy atom. The maximum Gasteiger partial charge on any atom is 0.0780 e. The van der Waals surface area contributed by atoms with Gasteiger partial charge >= 0.3 is 0 Å². The number of hydrogen-bond donors (Lipinski definition) is 0. The highest BCUT2D eigenvalue weighted by atomic mass is 32.2. The molecule has 0 unspecified atom stereocenters. The first-order chi connectivity index (χ1) is 6.87. The molecule has 0 aromatic carbocycles. The van der Waals surface area contributed by atoms with Crippen molar-refractivity contribution in [2.75, 3.05) is 6.54 Å². The van der Waals surface area contributed by atoms with Crippen molar-refractivity contribution in [2.45, 2.75) is 36.9 Å². The number of nitrogens with zero attached hydrogens (tertiary/aromatic N) is 2. The predicted octanol–water partition coefficient (Wildman–Crippen LogP) is 3.30. The molecule has 0 amide bonds. The molecule has 5 rings (SSSR count). The van der Waals surface area contributed by atoms with Crippen LogP contribution < -0.4 is 0 Å². The van der Waals surface area contributed by atoms with Crippen molar-refractivity contribution < 1.29 is 0 Å². The van der Waals surface area contributed by atoms with Gasteiger partial charge in [0.25, 0.3) is 0 Å². The van der Waals surface area contributed by atoms with Crippen LogP contribution in [0.2, 0.25) is 0 Å². The molecule has 4 bridgehead atoms. The van der Waals surface area contributed by atoms with Crippen LogP contribution in [0.25, 0.3) is 0 Å². The highest BCUT2D eigenvalue weighted by molar-refractivity contribution is 7.99. The minimum atomic E-state index is 0.480. The van der Waals surface area contributed by atoms with Crippen LogP contribution in [0.4, 0.5) is 0 Å². The van der Waals surface area contributed by atoms with E-state index >= 15 is 0 Å². The second kappa shape index (κ2) is 2.55. The van der Waals surface area contributed by atoms with E-state index in [1.165, 1.54) is 25.7 Å². The number of rotatable bonds is 0. The van der Waals surface area contributed by atoms with E-state index in [-0.39, 0.29) is 0 Å². The maximum absolute atomic E-state index is 4.27. The van der Waals surface area contributed by atoms with Crippen molar-refractivity contribution in [3.8, 4) is 0 Å². The van der Waals surface area contributed by atoms with Gasteiger partial charge in [-0.05, 0) is 55.8 Å². The first-order valence-corrected chi connectivity index (χ1v) is 6.69. The van der Waals surface area contributed by atoms with Crippen molar-refractivity contribution in [1.29, 1.82) is 0 Å². The Labute approximate surface area is 89.1 Å². The van der Waals surface area contributed by atoms with Gasteiger partial charge in [0, 0.05) is 11.9 Å². The van der Waals surface area contributed by atoms with Crippen molar-refractivity contribution in [3.63, 3.8) is 0 Å². The zero-order chi connectivity index (χ0) is 9.17. The predicted molar refractivity (Wildman–Crippen MR) is 57.1 cm³/mol. The standard InChI is InChI=1S/C11H16N2S/c1-7-2-9-4-8(1)5-10(3-7)11(9)6-12-13-14-11/h7-10H,1-6H2. The summed E-state index contributed by atoms with van der Waals surface area (Å²) >= 11 is 1.84. The lowest BCUT2D eigenvalue weighted by molar-refractivity contribution is -0.0117. The van der Waals surface area contributed by atoms with Crippen LogP contribution in [0.3, 0.4) is 0 Å². The van der Waals surface area contributed by atoms with E-state index in [0.717, 1.165) is 30.2 Å². The van der Waals surface area contributed by atoms with E-state index in [0.29, 0.717) is 4.75 Å². The third kappa shape index (κ3) is 0.854. The minimum Gasteiger partial charge on any atom is -0.180 e. The average molecular weight is 208 g/mol. The second-order valence-corrected chi connectivity index (χ2v) is 6.84. The van der Waals surface area contributed by atoms with Gasteiger partial charge in [-0.3, -0.25) is 0 Å². The Bertz CT molecular complexity index is 262. The maximum atomic E-state index is 4.27. The normalized spacial score (nSPS) is 58.9. The summed E-state index contributed by atoms with van der Waals surface area (Å²) in [7, 11) is 0. The van der Waals surface area contributed by atoms with Crippen LogP contribution >= 0.6 is 11.9 Å². The van der Waals surface area contributed by atoms with Gasteiger partial charge in [-0.2, -0.15) is 5.11 Å². The Balaban J connectivity index is 1.74. The molecule has 0 saturated heterocycles. The van der Waals surface area contributed by atoms with E-state index in [1.807, 2.05) is 11.9 Å². The zero-order valence-corrected chi connectivity index (χ0v) is 9.17. The van der Waals surface area contributed by atoms with Gasteiger partial charge in [0.05, 0.1) is 11.3 Å². The Morgan fingerprint density at radius 3 is 2.07 bits per heavy atom. The molecule has 2 nitrogen and oxygen atoms in total. The minimum absolute atomic E-state index is 0.480. The summed E-state index contributed by atoms with van der Waals surface area (Å²) in [6.07, 6.45) is 7.51. The monoisotopic (exact) mass is 208 g/mol. The van der Waals surface area contributed by atoms with Crippen LogP contribution in [-0.4, -0.2) is 11.3 Å². The lowest BCUT2D eigenvalue weighted by Gasteiger charge is -2.58. The van der Waals surface area contributed by atoms with Gasteiger partial charge in [0.1, 0.15) is 0 Å². The molecule has 4 fully saturated rings. The van der Waals surface area contributed by atoms with E-state index in [2.05, 4.69) is 9.63 Å². The Hall–Kier alpha value is -0.0500. The summed E-state index contributed by atoms with van der Waals surface area (Å²) in [5.74, 6) is 4.06. The molecule has 0 N–H and O–H groups in total. The smallest absolute Gasteiger partial charge is 0.0780 e. The molecular weight excluding hydrogens is 192 g/mol. The lowest BCUT2D eigenvalue weighted by Crippen LogP contribution is -2.56. The number of hydrogen-bond acceptors (Lipinski definition) is 3. The Morgan fingerprint density at radius 1 is 0.929 bits per heavy atom. The molecule has 1 aliphatic heterocycles. The van der Waals surface area contributed by atoms with Gasteiger partial charge in [-0.15, -0.1) is 4.52 Å². The molecule has 0 atom stereocenters. The van der Waals surface area contributed by atoms with Gasteiger partial charge in [-0.1, -0.05) is 0 Å². The van der Waals surface area contributed by atoms with E-state index < -0.39 is 0 Å². The molecule has 3 heteroatoms. The quantitative estimate of drug-likeness (QED) is 0.561. The molecule has 4 saturated carbocycles. The van der Waals surface area contributed by atoms with Crippen LogP contribution in [0.5, 0.6) is 0 Å². The molecule has 76 valence electrons. The topological polar surface area (TPSA) is 24.7 Å². The fourth-order valence-electron chi connectivity index (χ4n) is 4.66. The molecule has 14 heavy (non-hydrogen) atoms. The van der Waals surface area contributed by atoms with Crippen molar-refractivity contribution >= 4 is 11.9 Å². The van der Waals surface area contributed by atoms with E-state index in [1.54, 1.807) is 6.42 Å². The second-order valence-electron chi connectivity index (χ2n) is 5.73. The highest BCUT2D eigenvalue weighted by Crippen LogP contribution is 2.64. The van der Waals surface area contributed by atoms with Gasteiger partial charge in [0.15, 0.2) is 0 Å². The largest absolute Gasteiger partial charge is 0.180 e. The van der Waals surface area contributed by atoms with Crippen LogP contribution in [0, 0.1) is 23.7 Å². The summed E-state index contributed by atoms with van der Waals surface area (Å²) in [6, 6.07) is 0. The fourth-order valence-corrected chi connectivity index (χ4v) is 5.73. The summed E-state index contributed by atoms with van der Waals surface area (Å²) < 4.78 is 4.70. The summed E-state index contributed by atoms with van der Waals surface area (Å²) in [6.45, 7) is 1.03. The molecule has 0 radical (unpaired) electrons. The lowest BCUT2D eigenvalue weighted by atomic mass is 9.51. The van der Waals surface area contributed by atoms with Crippen LogP contribution in [-0.2, 0) is 0 Å². The molecule has 0 aromatic heterocycles. The van der Waals surface area contributed by atoms with Crippen LogP contribution in [0.15, 0.2) is 9.63 Å². The molecule has 1 spiro atoms. The van der Waals surface area contributed by atoms with Crippen molar-refractivity contribution in [1.82, 2.24) is 0 Å². The first kappa shape index (κ1) is 8.14. The summed E-state index contributed by atoms with van der Waals surface area (Å²) in [5.41, 5.74) is 0. The third-order valence-corrected chi connectivity index (χ3v) is 6.44. The zero-order valence-electron chi connectivity index (χ0n) is 8.35. The SMILES string of the molecule is C1C2CC3CC1CC(C2)C31CN=NS1. The van der Waals surface area contributed by atoms with Crippen LogP contribution in [0.1, 0.15) is 32.1 Å². The van der Waals surface area contributed by atoms with E-state index in [9.17, 15) is 0 Å². The van der Waals surface area contributed by atoms with Crippen molar-refractivity contribution in [2.24, 2.45) is 33.3 Å². The Kier molecular flexibility index (Phi) is 1.48. The summed E-state index contributed by atoms with van der Waals surface area (Å²) in [5, 5.41) is 4.27. The molecular formula is C11H16N2S. The molecule has 4 aliphatic carbocycles. The average Bonchev–Trinajstić information content (AvgIpc) is 2.63. The molecule has 1 heterocycles. The highest BCUT2D eigenvalue weighted by Gasteiger charge is 2.59. The van der Waals surface area contributed by atoms with Gasteiger partial charge < -0.3 is 0 Å².